The van der Waals surface area contributed by atoms with E-state index in [2.05, 4.69) is 345 Å². The Balaban J connectivity index is 0.000000149. The number of piperazine rings is 3. The molecular formula is C128H187FN12O7. The third kappa shape index (κ3) is 33.5. The van der Waals surface area contributed by atoms with Crippen LogP contribution < -0.4 is 34.6 Å². The van der Waals surface area contributed by atoms with Gasteiger partial charge in [0.1, 0.15) is 23.1 Å². The molecular weight excluding hydrogens is 1840 g/mol. The van der Waals surface area contributed by atoms with Gasteiger partial charge >= 0.3 is 0 Å². The molecule has 11 aliphatic rings. The molecule has 0 radical (unpaired) electrons. The highest BCUT2D eigenvalue weighted by atomic mass is 19.1. The molecule has 9 aliphatic heterocycles. The van der Waals surface area contributed by atoms with Crippen molar-refractivity contribution in [1.29, 1.82) is 0 Å². The summed E-state index contributed by atoms with van der Waals surface area (Å²) in [5.41, 5.74) is 21.9. The lowest BCUT2D eigenvalue weighted by Gasteiger charge is -2.50. The lowest BCUT2D eigenvalue weighted by Crippen LogP contribution is -2.64. The number of pyridine rings is 3. The molecule has 0 bridgehead atoms. The molecule has 0 unspecified atom stereocenters. The van der Waals surface area contributed by atoms with Gasteiger partial charge in [-0.2, -0.15) is 0 Å². The van der Waals surface area contributed by atoms with E-state index in [0.717, 1.165) is 183 Å². The Morgan fingerprint density at radius 2 is 0.831 bits per heavy atom. The number of hydrogen-bond donors (Lipinski definition) is 4. The van der Waals surface area contributed by atoms with Gasteiger partial charge in [-0.25, -0.2) is 14.4 Å². The van der Waals surface area contributed by atoms with Gasteiger partial charge in [-0.05, 0) is 272 Å². The summed E-state index contributed by atoms with van der Waals surface area (Å²) in [7, 11) is 0. The van der Waals surface area contributed by atoms with Gasteiger partial charge in [0.05, 0.1) is 47.5 Å². The van der Waals surface area contributed by atoms with Crippen LogP contribution in [-0.2, 0) is 31.6 Å². The number of allylic oxidation sites excluding steroid dienone is 1. The summed E-state index contributed by atoms with van der Waals surface area (Å²) in [5.74, 6) is 9.16. The average molecular weight is 2020 g/mol. The molecule has 1 saturated carbocycles. The second-order valence-corrected chi connectivity index (χ2v) is 47.6. The molecule has 9 aromatic rings. The number of anilines is 6. The zero-order valence-electron chi connectivity index (χ0n) is 95.1. The Bertz CT molecular complexity index is 5480. The fraction of sp³-hybridized carbons (Fsp3) is 0.570. The molecule has 20 heteroatoms. The van der Waals surface area contributed by atoms with Crippen molar-refractivity contribution in [2.45, 2.75) is 330 Å². The van der Waals surface area contributed by atoms with Crippen LogP contribution in [0.2, 0.25) is 0 Å². The van der Waals surface area contributed by atoms with Crippen LogP contribution in [0, 0.1) is 5.82 Å². The predicted molar refractivity (Wildman–Crippen MR) is 618 cm³/mol. The monoisotopic (exact) mass is 2020 g/mol. The standard InChI is InChI=1S/C19H29FN2.C18H28N2O.C16H25N3O.C15H20.C14H20O.C13H19NO.C11H16N2O.C11H13NO.C11H17NO/c1-15(2)16-8-9-19(18(20)14-16)22-12-10-21(11-13-22)17-6-4-3-5-7-17;1-15(2)16-3-5-17(6-4-16)19-9-11-20(12-10-19)18-7-13-21-14-8-18;1-13(2)14-4-5-15(17-10-14)18-6-8-19(9-7-18)16(3)11-20-12-16;1-10(2)12-6-7-14-13(9-12)8-11(3)15(14,4)5;1-11(2)12-3-5-13(6-4-12)14-7-9-15-10-8-14;1-10(2)11-4-6-12(7-5-11)14-8-13(3,15)9-14;1-8(2)9-3-4-11(12-5-9)13-6-10(14)7-13;1-7(2)9-4-5-11-10(6-9)12-8(3)13-11;1-8(2)9-5-6-10(12-7-9)11(3,4)13/h8-9,14-15,17H,3-7,10-13H2,1-2H3;3-6,15,18H,7-14H2,1-2H3;4-5,10,13H,6-9,11-12H2,1-3H3;6-7,9-10H,3,8H2,1-2,4-5H3;3-6,11,14H,7-10H2,1-2H3;4-7,10,15H,8-9H2,1-3H3;3-5,8,10,14H,6-7H2,1-2H3;4-7,12H,3H2,1-2H3;5-8,13H,1-4H3. The molecule has 20 rings (SSSR count). The molecule has 4 N–H and O–H groups in total. The number of β-amino-alcohol motifs (C(OH)–C–C–N with tert-alkyl or cyclic N) is 2. The Morgan fingerprint density at radius 1 is 0.419 bits per heavy atom. The van der Waals surface area contributed by atoms with Gasteiger partial charge < -0.3 is 64.1 Å². The molecule has 0 atom stereocenters. The number of hydrogen-bond acceptors (Lipinski definition) is 19. The van der Waals surface area contributed by atoms with Gasteiger partial charge in [0, 0.05) is 179 Å². The molecule has 2 aliphatic carbocycles. The van der Waals surface area contributed by atoms with Crippen molar-refractivity contribution in [3.05, 3.63) is 285 Å². The summed E-state index contributed by atoms with van der Waals surface area (Å²) < 4.78 is 36.0. The molecule has 808 valence electrons. The normalized spacial score (nSPS) is 19.0. The lowest BCUT2D eigenvalue weighted by atomic mass is 9.83. The molecule has 19 nitrogen and oxygen atoms in total. The predicted octanol–water partition coefficient (Wildman–Crippen LogP) is 26.8. The van der Waals surface area contributed by atoms with E-state index in [-0.39, 0.29) is 22.9 Å². The van der Waals surface area contributed by atoms with Crippen LogP contribution >= 0.6 is 0 Å². The van der Waals surface area contributed by atoms with Crippen LogP contribution in [0.15, 0.2) is 207 Å². The van der Waals surface area contributed by atoms with Crippen molar-refractivity contribution in [3.63, 3.8) is 0 Å². The van der Waals surface area contributed by atoms with Crippen LogP contribution in [0.3, 0.4) is 0 Å². The number of aromatic nitrogens is 3. The van der Waals surface area contributed by atoms with Crippen molar-refractivity contribution >= 4 is 34.4 Å². The largest absolute Gasteiger partial charge is 0.440 e. The van der Waals surface area contributed by atoms with E-state index < -0.39 is 11.2 Å². The van der Waals surface area contributed by atoms with Gasteiger partial charge in [0.25, 0.3) is 0 Å². The highest BCUT2D eigenvalue weighted by Gasteiger charge is 2.42. The second-order valence-electron chi connectivity index (χ2n) is 47.6. The van der Waals surface area contributed by atoms with E-state index in [9.17, 15) is 14.6 Å². The van der Waals surface area contributed by atoms with Crippen LogP contribution in [0.5, 0.6) is 5.75 Å². The van der Waals surface area contributed by atoms with Crippen molar-refractivity contribution in [2.24, 2.45) is 0 Å². The highest BCUT2D eigenvalue weighted by molar-refractivity contribution is 5.65. The first-order chi connectivity index (χ1) is 70.4. The zero-order chi connectivity index (χ0) is 107. The molecule has 6 aromatic carbocycles. The second kappa shape index (κ2) is 54.6. The fourth-order valence-electron chi connectivity index (χ4n) is 21.0. The van der Waals surface area contributed by atoms with Gasteiger partial charge in [-0.15, -0.1) is 0 Å². The Kier molecular flexibility index (Phi) is 43.2. The molecule has 3 aromatic heterocycles. The number of rotatable bonds is 19. The van der Waals surface area contributed by atoms with Gasteiger partial charge in [0.2, 0.25) is 0 Å². The number of nitrogens with zero attached hydrogens (tertiary/aromatic N) is 11. The number of nitrogens with one attached hydrogen (secondary N) is 1. The molecule has 9 fully saturated rings. The van der Waals surface area contributed by atoms with Crippen LogP contribution in [0.4, 0.5) is 38.8 Å². The lowest BCUT2D eigenvalue weighted by molar-refractivity contribution is -0.131. The van der Waals surface area contributed by atoms with Crippen molar-refractivity contribution < 1.29 is 38.7 Å². The number of fused-ring (bicyclic) bond motifs is 2. The smallest absolute Gasteiger partial charge is 0.190 e. The molecule has 12 heterocycles. The summed E-state index contributed by atoms with van der Waals surface area (Å²) in [4.78, 5) is 32.5. The number of benzene rings is 6. The van der Waals surface area contributed by atoms with Gasteiger partial charge in [-0.3, -0.25) is 19.7 Å². The maximum atomic E-state index is 14.4. The third-order valence-corrected chi connectivity index (χ3v) is 31.9. The number of halogens is 1. The Morgan fingerprint density at radius 3 is 1.27 bits per heavy atom. The number of ether oxygens (including phenoxy) is 4. The molecule has 0 amide bonds. The SMILES string of the molecule is C=C1Cc2cc(C(C)C)ccc2C1(C)C.C=C1Nc2cc(C(C)C)ccc2O1.CC(C)c1ccc(C(C)(C)O)nc1.CC(C)c1ccc(C2CCOCC2)cc1.CC(C)c1ccc(N2CC(C)(O)C2)cc1.CC(C)c1ccc(N2CC(O)C2)nc1.CC(C)c1ccc(N2CCN(C3(C)COC3)CC2)nc1.CC(C)c1ccc(N2CCN(C3CCCCC3)CC2)c(F)c1.CC(C)c1ccc(N2CCN(C3CCOCC3)CC2)cc1. The van der Waals surface area contributed by atoms with E-state index in [1.165, 1.54) is 149 Å². The Labute approximate surface area is 892 Å². The molecule has 8 saturated heterocycles. The van der Waals surface area contributed by atoms with Crippen LogP contribution in [0.25, 0.3) is 0 Å². The number of aliphatic hydroxyl groups excluding tert-OH is 1. The van der Waals surface area contributed by atoms with E-state index in [0.29, 0.717) is 72.2 Å². The third-order valence-electron chi connectivity index (χ3n) is 31.9. The first-order valence-corrected chi connectivity index (χ1v) is 56.3. The summed E-state index contributed by atoms with van der Waals surface area (Å²) in [6.45, 7) is 81.0. The summed E-state index contributed by atoms with van der Waals surface area (Å²) in [5, 5.41) is 31.5. The van der Waals surface area contributed by atoms with Crippen LogP contribution in [0.1, 0.15) is 356 Å². The topological polar surface area (TPSA) is 174 Å². The van der Waals surface area contributed by atoms with E-state index in [4.69, 9.17) is 24.1 Å². The number of aliphatic hydroxyl groups is 3. The van der Waals surface area contributed by atoms with Crippen molar-refractivity contribution in [3.8, 4) is 5.75 Å². The van der Waals surface area contributed by atoms with E-state index in [1.54, 1.807) is 19.9 Å². The van der Waals surface area contributed by atoms with Crippen LogP contribution in [-0.4, -0.2) is 219 Å². The summed E-state index contributed by atoms with van der Waals surface area (Å²) >= 11 is 0. The van der Waals surface area contributed by atoms with E-state index in [1.807, 2.05) is 55.8 Å². The van der Waals surface area contributed by atoms with Crippen molar-refractivity contribution in [2.75, 3.05) is 174 Å². The maximum absolute atomic E-state index is 14.4. The maximum Gasteiger partial charge on any atom is 0.190 e. The zero-order valence-corrected chi connectivity index (χ0v) is 95.1. The molecule has 0 spiro atoms. The highest BCUT2D eigenvalue weighted by Crippen LogP contribution is 2.44. The van der Waals surface area contributed by atoms with E-state index >= 15 is 0 Å². The minimum atomic E-state index is -0.838. The summed E-state index contributed by atoms with van der Waals surface area (Å²) in [6, 6.07) is 59.7. The Hall–Kier alpha value is -9.58. The van der Waals surface area contributed by atoms with Gasteiger partial charge in [0.15, 0.2) is 11.6 Å². The molecule has 148 heavy (non-hydrogen) atoms. The fourth-order valence-corrected chi connectivity index (χ4v) is 21.0. The average Bonchev–Trinajstić information content (AvgIpc) is 1.60. The van der Waals surface area contributed by atoms with Gasteiger partial charge in [-0.1, -0.05) is 267 Å². The quantitative estimate of drug-likeness (QED) is 0.0562. The minimum Gasteiger partial charge on any atom is -0.440 e. The summed E-state index contributed by atoms with van der Waals surface area (Å²) in [6.07, 6.45) is 18.3. The first-order valence-electron chi connectivity index (χ1n) is 56.3. The minimum absolute atomic E-state index is 0.0580. The first kappa shape index (κ1) is 117. The van der Waals surface area contributed by atoms with Crippen molar-refractivity contribution in [1.82, 2.24) is 29.7 Å².